The molecule has 0 bridgehead atoms. The summed E-state index contributed by atoms with van der Waals surface area (Å²) in [5.41, 5.74) is 3.51. The molecular weight excluding hydrogens is 338 g/mol. The number of hydrogen-bond acceptors (Lipinski definition) is 3. The van der Waals surface area contributed by atoms with Crippen molar-refractivity contribution in [2.45, 2.75) is 20.8 Å². The van der Waals surface area contributed by atoms with Crippen LogP contribution in [-0.4, -0.2) is 19.1 Å². The van der Waals surface area contributed by atoms with Gasteiger partial charge in [-0.1, -0.05) is 18.2 Å². The van der Waals surface area contributed by atoms with Gasteiger partial charge in [-0.3, -0.25) is 4.79 Å². The van der Waals surface area contributed by atoms with E-state index in [1.807, 2.05) is 20.8 Å². The second kappa shape index (κ2) is 8.58. The molecule has 0 aliphatic carbocycles. The van der Waals surface area contributed by atoms with E-state index in [0.717, 1.165) is 22.4 Å². The molecule has 1 amide bonds. The van der Waals surface area contributed by atoms with E-state index in [4.69, 9.17) is 21.1 Å². The highest BCUT2D eigenvalue weighted by atomic mass is 35.5. The van der Waals surface area contributed by atoms with Crippen molar-refractivity contribution in [2.24, 2.45) is 0 Å². The van der Waals surface area contributed by atoms with E-state index in [0.29, 0.717) is 23.1 Å². The molecule has 0 aliphatic rings. The second-order valence-corrected chi connectivity index (χ2v) is 6.31. The van der Waals surface area contributed by atoms with Crippen LogP contribution in [0.2, 0.25) is 5.02 Å². The number of rotatable bonds is 7. The predicted molar refractivity (Wildman–Crippen MR) is 102 cm³/mol. The van der Waals surface area contributed by atoms with Crippen LogP contribution in [-0.2, 0) is 4.79 Å². The molecule has 0 saturated carbocycles. The third-order valence-corrected chi connectivity index (χ3v) is 4.06. The molecule has 0 spiro atoms. The van der Waals surface area contributed by atoms with Gasteiger partial charge < -0.3 is 14.8 Å². The molecule has 4 nitrogen and oxygen atoms in total. The lowest BCUT2D eigenvalue weighted by atomic mass is 10.1. The molecule has 0 atom stereocenters. The van der Waals surface area contributed by atoms with Gasteiger partial charge in [-0.25, -0.2) is 0 Å². The van der Waals surface area contributed by atoms with Gasteiger partial charge >= 0.3 is 0 Å². The summed E-state index contributed by atoms with van der Waals surface area (Å²) in [6.45, 7) is 9.92. The smallest absolute Gasteiger partial charge is 0.262 e. The van der Waals surface area contributed by atoms with Gasteiger partial charge in [0.1, 0.15) is 18.1 Å². The number of halogens is 1. The molecule has 0 fully saturated rings. The highest BCUT2D eigenvalue weighted by Crippen LogP contribution is 2.27. The van der Waals surface area contributed by atoms with Crippen molar-refractivity contribution < 1.29 is 14.3 Å². The molecule has 5 heteroatoms. The number of anilines is 1. The number of ether oxygens (including phenoxy) is 2. The van der Waals surface area contributed by atoms with Gasteiger partial charge in [-0.2, -0.15) is 0 Å². The van der Waals surface area contributed by atoms with Crippen LogP contribution >= 0.6 is 11.6 Å². The van der Waals surface area contributed by atoms with Crippen molar-refractivity contribution in [1.82, 2.24) is 0 Å². The SMILES string of the molecule is C=C(C)COc1ccc(NC(=O)COc2ccc(Cl)c(C)c2C)cc1. The standard InChI is InChI=1S/C20H22ClNO3/c1-13(2)11-24-17-7-5-16(6-8-17)22-20(23)12-25-19-10-9-18(21)14(3)15(19)4/h5-10H,1,11-12H2,2-4H3,(H,22,23). The van der Waals surface area contributed by atoms with Crippen LogP contribution in [0.15, 0.2) is 48.6 Å². The molecule has 0 aliphatic heterocycles. The Morgan fingerprint density at radius 2 is 1.72 bits per heavy atom. The van der Waals surface area contributed by atoms with Gasteiger partial charge in [0.2, 0.25) is 0 Å². The van der Waals surface area contributed by atoms with E-state index in [1.165, 1.54) is 0 Å². The summed E-state index contributed by atoms with van der Waals surface area (Å²) in [5, 5.41) is 3.47. The maximum atomic E-state index is 12.0. The van der Waals surface area contributed by atoms with Crippen LogP contribution in [0.4, 0.5) is 5.69 Å². The molecule has 2 aromatic carbocycles. The van der Waals surface area contributed by atoms with Gasteiger partial charge in [0.25, 0.3) is 5.91 Å². The van der Waals surface area contributed by atoms with Gasteiger partial charge in [-0.15, -0.1) is 0 Å². The van der Waals surface area contributed by atoms with Crippen molar-refractivity contribution in [2.75, 3.05) is 18.5 Å². The Bertz CT molecular complexity index is 769. The molecule has 0 radical (unpaired) electrons. The first kappa shape index (κ1) is 18.9. The minimum atomic E-state index is -0.234. The van der Waals surface area contributed by atoms with Crippen LogP contribution in [0, 0.1) is 13.8 Å². The molecule has 1 N–H and O–H groups in total. The van der Waals surface area contributed by atoms with Crippen molar-refractivity contribution in [3.8, 4) is 11.5 Å². The first-order valence-corrected chi connectivity index (χ1v) is 8.30. The average molecular weight is 360 g/mol. The van der Waals surface area contributed by atoms with Crippen molar-refractivity contribution in [1.29, 1.82) is 0 Å². The minimum Gasteiger partial charge on any atom is -0.489 e. The molecule has 0 aromatic heterocycles. The van der Waals surface area contributed by atoms with E-state index in [2.05, 4.69) is 11.9 Å². The average Bonchev–Trinajstić information content (AvgIpc) is 2.58. The zero-order chi connectivity index (χ0) is 18.4. The Labute approximate surface area is 153 Å². The summed E-state index contributed by atoms with van der Waals surface area (Å²) in [6.07, 6.45) is 0. The molecule has 25 heavy (non-hydrogen) atoms. The predicted octanol–water partition coefficient (Wildman–Crippen LogP) is 4.93. The second-order valence-electron chi connectivity index (χ2n) is 5.90. The van der Waals surface area contributed by atoms with Crippen molar-refractivity contribution in [3.63, 3.8) is 0 Å². The topological polar surface area (TPSA) is 47.6 Å². The highest BCUT2D eigenvalue weighted by Gasteiger charge is 2.09. The molecule has 0 unspecified atom stereocenters. The van der Waals surface area contributed by atoms with Gasteiger partial charge in [-0.05, 0) is 73.9 Å². The maximum absolute atomic E-state index is 12.0. The normalized spacial score (nSPS) is 10.2. The Balaban J connectivity index is 1.88. The first-order valence-electron chi connectivity index (χ1n) is 7.92. The fourth-order valence-electron chi connectivity index (χ4n) is 2.10. The van der Waals surface area contributed by atoms with Crippen LogP contribution < -0.4 is 14.8 Å². The largest absolute Gasteiger partial charge is 0.489 e. The summed E-state index contributed by atoms with van der Waals surface area (Å²) in [5.74, 6) is 1.15. The Morgan fingerprint density at radius 3 is 2.36 bits per heavy atom. The third kappa shape index (κ3) is 5.54. The lowest BCUT2D eigenvalue weighted by molar-refractivity contribution is -0.118. The fraction of sp³-hybridized carbons (Fsp3) is 0.250. The Morgan fingerprint density at radius 1 is 1.04 bits per heavy atom. The van der Waals surface area contributed by atoms with Crippen LogP contribution in [0.1, 0.15) is 18.1 Å². The summed E-state index contributed by atoms with van der Waals surface area (Å²) in [4.78, 5) is 12.0. The van der Waals surface area contributed by atoms with E-state index < -0.39 is 0 Å². The molecule has 0 saturated heterocycles. The van der Waals surface area contributed by atoms with Crippen molar-refractivity contribution >= 4 is 23.2 Å². The summed E-state index contributed by atoms with van der Waals surface area (Å²) >= 11 is 6.06. The van der Waals surface area contributed by atoms with E-state index >= 15 is 0 Å². The number of carbonyl (C=O) groups excluding carboxylic acids is 1. The quantitative estimate of drug-likeness (QED) is 0.713. The Kier molecular flexibility index (Phi) is 6.48. The van der Waals surface area contributed by atoms with Gasteiger partial charge in [0.05, 0.1) is 0 Å². The maximum Gasteiger partial charge on any atom is 0.262 e. The van der Waals surface area contributed by atoms with Gasteiger partial charge in [0, 0.05) is 10.7 Å². The van der Waals surface area contributed by atoms with E-state index in [1.54, 1.807) is 36.4 Å². The van der Waals surface area contributed by atoms with Crippen LogP contribution in [0.3, 0.4) is 0 Å². The number of nitrogens with one attached hydrogen (secondary N) is 1. The minimum absolute atomic E-state index is 0.0736. The molecule has 2 aromatic rings. The van der Waals surface area contributed by atoms with Crippen LogP contribution in [0.5, 0.6) is 11.5 Å². The highest BCUT2D eigenvalue weighted by molar-refractivity contribution is 6.31. The first-order chi connectivity index (χ1) is 11.9. The third-order valence-electron chi connectivity index (χ3n) is 3.65. The number of benzene rings is 2. The van der Waals surface area contributed by atoms with Crippen molar-refractivity contribution in [3.05, 3.63) is 64.7 Å². The fourth-order valence-corrected chi connectivity index (χ4v) is 2.31. The molecular formula is C20H22ClNO3. The van der Waals surface area contributed by atoms with Crippen LogP contribution in [0.25, 0.3) is 0 Å². The van der Waals surface area contributed by atoms with E-state index in [-0.39, 0.29) is 12.5 Å². The number of carbonyl (C=O) groups is 1. The zero-order valence-corrected chi connectivity index (χ0v) is 15.4. The monoisotopic (exact) mass is 359 g/mol. The zero-order valence-electron chi connectivity index (χ0n) is 14.7. The summed E-state index contributed by atoms with van der Waals surface area (Å²) in [7, 11) is 0. The van der Waals surface area contributed by atoms with Gasteiger partial charge in [0.15, 0.2) is 6.61 Å². The Hall–Kier alpha value is -2.46. The molecule has 0 heterocycles. The van der Waals surface area contributed by atoms with E-state index in [9.17, 15) is 4.79 Å². The number of amides is 1. The summed E-state index contributed by atoms with van der Waals surface area (Å²) < 4.78 is 11.1. The number of hydrogen-bond donors (Lipinski definition) is 1. The lowest BCUT2D eigenvalue weighted by Crippen LogP contribution is -2.20. The lowest BCUT2D eigenvalue weighted by Gasteiger charge is -2.12. The molecule has 132 valence electrons. The summed E-state index contributed by atoms with van der Waals surface area (Å²) in [6, 6.07) is 10.7. The molecule has 2 rings (SSSR count).